The number of carboxylic acids is 1. The van der Waals surface area contributed by atoms with Gasteiger partial charge in [0.25, 0.3) is 0 Å². The first kappa shape index (κ1) is 14.2. The number of aliphatic carboxylic acids is 1. The van der Waals surface area contributed by atoms with Crippen LogP contribution >= 0.6 is 0 Å². The van der Waals surface area contributed by atoms with Crippen LogP contribution in [-0.2, 0) is 9.59 Å². The fraction of sp³-hybridized carbons (Fsp3) is 0.846. The second-order valence-electron chi connectivity index (χ2n) is 5.56. The Morgan fingerprint density at radius 1 is 1.21 bits per heavy atom. The average molecular weight is 275 g/mol. The van der Waals surface area contributed by atoms with E-state index in [1.54, 1.807) is 4.90 Å². The lowest BCUT2D eigenvalue weighted by Gasteiger charge is -2.32. The van der Waals surface area contributed by atoms with Crippen molar-refractivity contribution in [2.75, 3.05) is 6.54 Å². The Hall–Kier alpha value is -1.20. The van der Waals surface area contributed by atoms with Crippen LogP contribution in [-0.4, -0.2) is 40.4 Å². The molecule has 2 fully saturated rings. The van der Waals surface area contributed by atoms with E-state index in [0.717, 1.165) is 6.42 Å². The maximum absolute atomic E-state index is 13.1. The summed E-state index contributed by atoms with van der Waals surface area (Å²) in [6, 6.07) is -0.257. The van der Waals surface area contributed by atoms with E-state index < -0.39 is 11.9 Å². The van der Waals surface area contributed by atoms with Gasteiger partial charge in [-0.15, -0.1) is 0 Å². The Labute approximate surface area is 110 Å². The van der Waals surface area contributed by atoms with Crippen LogP contribution in [0, 0.1) is 5.92 Å². The van der Waals surface area contributed by atoms with Crippen LogP contribution in [0.2, 0.25) is 0 Å². The Morgan fingerprint density at radius 3 is 2.42 bits per heavy atom. The zero-order chi connectivity index (χ0) is 14.0. The van der Waals surface area contributed by atoms with Gasteiger partial charge in [0.2, 0.25) is 11.8 Å². The maximum atomic E-state index is 13.1. The van der Waals surface area contributed by atoms with Gasteiger partial charge in [0.15, 0.2) is 0 Å². The summed E-state index contributed by atoms with van der Waals surface area (Å²) in [7, 11) is 0. The van der Waals surface area contributed by atoms with Crippen molar-refractivity contribution >= 4 is 11.9 Å². The van der Waals surface area contributed by atoms with Gasteiger partial charge in [0.1, 0.15) is 0 Å². The summed E-state index contributed by atoms with van der Waals surface area (Å²) in [5.74, 6) is -4.03. The van der Waals surface area contributed by atoms with Gasteiger partial charge in [-0.05, 0) is 25.7 Å². The number of carbonyl (C=O) groups is 2. The molecule has 0 spiro atoms. The Bertz CT molecular complexity index is 363. The molecule has 0 aromatic carbocycles. The standard InChI is InChI=1S/C13H19F2NO3/c14-13(15)5-3-9(4-6-13)12(19)16-7-1-2-10(16)8-11(17)18/h9-10H,1-8H2,(H,17,18). The largest absolute Gasteiger partial charge is 0.481 e. The van der Waals surface area contributed by atoms with Crippen LogP contribution < -0.4 is 0 Å². The average Bonchev–Trinajstić information content (AvgIpc) is 2.75. The predicted octanol–water partition coefficient (Wildman–Crippen LogP) is 2.28. The normalized spacial score (nSPS) is 27.5. The molecule has 0 radical (unpaired) electrons. The maximum Gasteiger partial charge on any atom is 0.305 e. The first-order chi connectivity index (χ1) is 8.89. The molecule has 4 nitrogen and oxygen atoms in total. The minimum Gasteiger partial charge on any atom is -0.481 e. The number of alkyl halides is 2. The van der Waals surface area contributed by atoms with Crippen LogP contribution in [0.1, 0.15) is 44.9 Å². The zero-order valence-corrected chi connectivity index (χ0v) is 10.8. The number of halogens is 2. The first-order valence-corrected chi connectivity index (χ1v) is 6.79. The van der Waals surface area contributed by atoms with Crippen LogP contribution in [0.3, 0.4) is 0 Å². The van der Waals surface area contributed by atoms with E-state index in [1.807, 2.05) is 0 Å². The fourth-order valence-corrected chi connectivity index (χ4v) is 3.06. The summed E-state index contributed by atoms with van der Waals surface area (Å²) in [6.07, 6.45) is 1.40. The van der Waals surface area contributed by atoms with E-state index in [4.69, 9.17) is 5.11 Å². The number of hydrogen-bond acceptors (Lipinski definition) is 2. The van der Waals surface area contributed by atoms with Gasteiger partial charge in [-0.25, -0.2) is 8.78 Å². The Kier molecular flexibility index (Phi) is 4.06. The van der Waals surface area contributed by atoms with Crippen molar-refractivity contribution in [1.29, 1.82) is 0 Å². The molecule has 1 atom stereocenters. The quantitative estimate of drug-likeness (QED) is 0.859. The smallest absolute Gasteiger partial charge is 0.305 e. The first-order valence-electron chi connectivity index (χ1n) is 6.79. The van der Waals surface area contributed by atoms with Gasteiger partial charge in [-0.3, -0.25) is 9.59 Å². The highest BCUT2D eigenvalue weighted by molar-refractivity contribution is 5.80. The number of carbonyl (C=O) groups excluding carboxylic acids is 1. The van der Waals surface area contributed by atoms with Crippen molar-refractivity contribution in [1.82, 2.24) is 4.90 Å². The Morgan fingerprint density at radius 2 is 1.84 bits per heavy atom. The minimum atomic E-state index is -2.64. The second-order valence-corrected chi connectivity index (χ2v) is 5.56. The summed E-state index contributed by atoms with van der Waals surface area (Å²) in [4.78, 5) is 24.6. The van der Waals surface area contributed by atoms with Crippen molar-refractivity contribution in [2.45, 2.75) is 56.9 Å². The highest BCUT2D eigenvalue weighted by Crippen LogP contribution is 2.37. The van der Waals surface area contributed by atoms with Crippen LogP contribution in [0.25, 0.3) is 0 Å². The molecule has 108 valence electrons. The van der Waals surface area contributed by atoms with Gasteiger partial charge in [0.05, 0.1) is 6.42 Å². The molecule has 1 aliphatic carbocycles. The highest BCUT2D eigenvalue weighted by Gasteiger charge is 2.40. The number of likely N-dealkylation sites (tertiary alicyclic amines) is 1. The zero-order valence-electron chi connectivity index (χ0n) is 10.8. The van der Waals surface area contributed by atoms with Crippen LogP contribution in [0.5, 0.6) is 0 Å². The molecular formula is C13H19F2NO3. The predicted molar refractivity (Wildman–Crippen MR) is 63.9 cm³/mol. The monoisotopic (exact) mass is 275 g/mol. The number of rotatable bonds is 3. The third-order valence-corrected chi connectivity index (χ3v) is 4.14. The fourth-order valence-electron chi connectivity index (χ4n) is 3.06. The minimum absolute atomic E-state index is 0.0470. The third-order valence-electron chi connectivity index (χ3n) is 4.14. The van der Waals surface area contributed by atoms with E-state index in [0.29, 0.717) is 13.0 Å². The van der Waals surface area contributed by atoms with E-state index in [2.05, 4.69) is 0 Å². The van der Waals surface area contributed by atoms with Crippen molar-refractivity contribution in [3.63, 3.8) is 0 Å². The van der Waals surface area contributed by atoms with Gasteiger partial charge in [-0.1, -0.05) is 0 Å². The van der Waals surface area contributed by atoms with E-state index in [9.17, 15) is 18.4 Å². The SMILES string of the molecule is O=C(O)CC1CCCN1C(=O)C1CCC(F)(F)CC1. The molecule has 19 heavy (non-hydrogen) atoms. The van der Waals surface area contributed by atoms with Crippen molar-refractivity contribution in [3.05, 3.63) is 0 Å². The van der Waals surface area contributed by atoms with Crippen LogP contribution in [0.15, 0.2) is 0 Å². The molecular weight excluding hydrogens is 256 g/mol. The van der Waals surface area contributed by atoms with Crippen molar-refractivity contribution in [2.24, 2.45) is 5.92 Å². The molecule has 1 aliphatic heterocycles. The highest BCUT2D eigenvalue weighted by atomic mass is 19.3. The van der Waals surface area contributed by atoms with Crippen molar-refractivity contribution < 1.29 is 23.5 Å². The lowest BCUT2D eigenvalue weighted by atomic mass is 9.85. The summed E-state index contributed by atoms with van der Waals surface area (Å²) < 4.78 is 26.1. The van der Waals surface area contributed by atoms with E-state index >= 15 is 0 Å². The van der Waals surface area contributed by atoms with Gasteiger partial charge < -0.3 is 10.0 Å². The summed E-state index contributed by atoms with van der Waals surface area (Å²) in [5.41, 5.74) is 0. The summed E-state index contributed by atoms with van der Waals surface area (Å²) >= 11 is 0. The van der Waals surface area contributed by atoms with Crippen molar-refractivity contribution in [3.8, 4) is 0 Å². The molecule has 1 amide bonds. The number of carboxylic acid groups (broad SMARTS) is 1. The molecule has 6 heteroatoms. The van der Waals surface area contributed by atoms with Gasteiger partial charge in [-0.2, -0.15) is 0 Å². The third kappa shape index (κ3) is 3.42. The molecule has 1 unspecified atom stereocenters. The Balaban J connectivity index is 1.94. The molecule has 1 saturated heterocycles. The molecule has 0 bridgehead atoms. The second kappa shape index (κ2) is 5.43. The summed E-state index contributed by atoms with van der Waals surface area (Å²) in [6.45, 7) is 0.559. The molecule has 1 N–H and O–H groups in total. The number of amides is 1. The molecule has 2 rings (SSSR count). The van der Waals surface area contributed by atoms with E-state index in [1.165, 1.54) is 0 Å². The number of hydrogen-bond donors (Lipinski definition) is 1. The molecule has 1 saturated carbocycles. The lowest BCUT2D eigenvalue weighted by molar-refractivity contribution is -0.143. The molecule has 0 aromatic heterocycles. The van der Waals surface area contributed by atoms with Gasteiger partial charge in [0, 0.05) is 31.3 Å². The molecule has 0 aromatic rings. The summed E-state index contributed by atoms with van der Waals surface area (Å²) in [5, 5.41) is 8.82. The lowest BCUT2D eigenvalue weighted by Crippen LogP contribution is -2.42. The molecule has 1 heterocycles. The number of nitrogens with zero attached hydrogens (tertiary/aromatic N) is 1. The topological polar surface area (TPSA) is 57.6 Å². The van der Waals surface area contributed by atoms with Gasteiger partial charge >= 0.3 is 5.97 Å². The van der Waals surface area contributed by atoms with E-state index in [-0.39, 0.29) is 50.0 Å². The van der Waals surface area contributed by atoms with Crippen LogP contribution in [0.4, 0.5) is 8.78 Å². The molecule has 2 aliphatic rings.